The van der Waals surface area contributed by atoms with Crippen LogP contribution in [-0.2, 0) is 6.42 Å². The number of ketones is 1. The van der Waals surface area contributed by atoms with Crippen LogP contribution in [0.5, 0.6) is 0 Å². The van der Waals surface area contributed by atoms with Gasteiger partial charge in [0.25, 0.3) is 0 Å². The predicted molar refractivity (Wildman–Crippen MR) is 83.1 cm³/mol. The summed E-state index contributed by atoms with van der Waals surface area (Å²) in [5.74, 6) is 0.156. The Labute approximate surface area is 120 Å². The molecular weight excluding hydrogens is 246 g/mol. The summed E-state index contributed by atoms with van der Waals surface area (Å²) < 4.78 is 0. The van der Waals surface area contributed by atoms with Crippen LogP contribution in [0.25, 0.3) is 0 Å². The third kappa shape index (κ3) is 4.04. The molecule has 0 unspecified atom stereocenters. The monoisotopic (exact) mass is 267 g/mol. The van der Waals surface area contributed by atoms with Crippen LogP contribution in [0.4, 0.5) is 0 Å². The van der Waals surface area contributed by atoms with Crippen LogP contribution >= 0.6 is 0 Å². The number of benzene rings is 2. The highest BCUT2D eigenvalue weighted by molar-refractivity contribution is 5.98. The SMILES string of the molecule is Cc1ccccc1C(=O)CN[C@@H](C)Cc1ccccc1. The van der Waals surface area contributed by atoms with Gasteiger partial charge in [0.15, 0.2) is 5.78 Å². The summed E-state index contributed by atoms with van der Waals surface area (Å²) in [4.78, 5) is 12.2. The average molecular weight is 267 g/mol. The van der Waals surface area contributed by atoms with Gasteiger partial charge < -0.3 is 5.32 Å². The topological polar surface area (TPSA) is 29.1 Å². The van der Waals surface area contributed by atoms with Crippen LogP contribution in [0, 0.1) is 6.92 Å². The molecule has 1 N–H and O–H groups in total. The highest BCUT2D eigenvalue weighted by Gasteiger charge is 2.10. The van der Waals surface area contributed by atoms with Crippen LogP contribution in [0.15, 0.2) is 54.6 Å². The Kier molecular flexibility index (Phi) is 5.08. The summed E-state index contributed by atoms with van der Waals surface area (Å²) in [5.41, 5.74) is 3.14. The van der Waals surface area contributed by atoms with Crippen LogP contribution < -0.4 is 5.32 Å². The van der Waals surface area contributed by atoms with Gasteiger partial charge in [-0.05, 0) is 31.4 Å². The van der Waals surface area contributed by atoms with Crippen molar-refractivity contribution in [2.45, 2.75) is 26.3 Å². The van der Waals surface area contributed by atoms with Crippen molar-refractivity contribution in [3.8, 4) is 0 Å². The fraction of sp³-hybridized carbons (Fsp3) is 0.278. The molecule has 1 atom stereocenters. The van der Waals surface area contributed by atoms with Crippen LogP contribution in [0.2, 0.25) is 0 Å². The van der Waals surface area contributed by atoms with E-state index >= 15 is 0 Å². The Balaban J connectivity index is 1.86. The number of nitrogens with one attached hydrogen (secondary N) is 1. The van der Waals surface area contributed by atoms with Gasteiger partial charge in [-0.3, -0.25) is 4.79 Å². The average Bonchev–Trinajstić information content (AvgIpc) is 2.46. The molecule has 2 heteroatoms. The minimum absolute atomic E-state index is 0.156. The maximum absolute atomic E-state index is 12.2. The van der Waals surface area contributed by atoms with Gasteiger partial charge in [-0.2, -0.15) is 0 Å². The fourth-order valence-corrected chi connectivity index (χ4v) is 2.29. The number of carbonyl (C=O) groups excluding carboxylic acids is 1. The second-order valence-corrected chi connectivity index (χ2v) is 5.21. The van der Waals surface area contributed by atoms with E-state index in [0.29, 0.717) is 6.54 Å². The van der Waals surface area contributed by atoms with Crippen molar-refractivity contribution in [1.82, 2.24) is 5.32 Å². The van der Waals surface area contributed by atoms with E-state index in [9.17, 15) is 4.79 Å². The van der Waals surface area contributed by atoms with Crippen molar-refractivity contribution in [2.24, 2.45) is 0 Å². The number of hydrogen-bond acceptors (Lipinski definition) is 2. The van der Waals surface area contributed by atoms with Gasteiger partial charge in [-0.15, -0.1) is 0 Å². The molecule has 0 aromatic heterocycles. The summed E-state index contributed by atoms with van der Waals surface area (Å²) in [6.07, 6.45) is 0.932. The number of Topliss-reactive ketones (excluding diaryl/α,β-unsaturated/α-hetero) is 1. The molecule has 2 rings (SSSR count). The molecule has 0 bridgehead atoms. The molecule has 2 nitrogen and oxygen atoms in total. The molecule has 104 valence electrons. The maximum atomic E-state index is 12.2. The third-order valence-corrected chi connectivity index (χ3v) is 3.44. The molecule has 0 aliphatic heterocycles. The molecule has 0 amide bonds. The van der Waals surface area contributed by atoms with Crippen LogP contribution in [-0.4, -0.2) is 18.4 Å². The molecule has 0 saturated heterocycles. The molecule has 0 heterocycles. The highest BCUT2D eigenvalue weighted by Crippen LogP contribution is 2.08. The predicted octanol–water partition coefficient (Wildman–Crippen LogP) is 3.40. The van der Waals surface area contributed by atoms with E-state index in [4.69, 9.17) is 0 Å². The lowest BCUT2D eigenvalue weighted by atomic mass is 10.0. The van der Waals surface area contributed by atoms with E-state index in [0.717, 1.165) is 17.5 Å². The smallest absolute Gasteiger partial charge is 0.176 e. The van der Waals surface area contributed by atoms with E-state index < -0.39 is 0 Å². The summed E-state index contributed by atoms with van der Waals surface area (Å²) >= 11 is 0. The molecule has 0 fully saturated rings. The number of carbonyl (C=O) groups is 1. The first-order valence-electron chi connectivity index (χ1n) is 7.03. The molecule has 2 aromatic rings. The Morgan fingerprint density at radius 2 is 1.70 bits per heavy atom. The van der Waals surface area contributed by atoms with E-state index in [1.807, 2.05) is 49.4 Å². The van der Waals surface area contributed by atoms with Gasteiger partial charge >= 0.3 is 0 Å². The van der Waals surface area contributed by atoms with Gasteiger partial charge in [0, 0.05) is 11.6 Å². The van der Waals surface area contributed by atoms with Gasteiger partial charge in [-0.1, -0.05) is 54.6 Å². The third-order valence-electron chi connectivity index (χ3n) is 3.44. The number of hydrogen-bond donors (Lipinski definition) is 1. The molecule has 0 aliphatic carbocycles. The maximum Gasteiger partial charge on any atom is 0.176 e. The number of aryl methyl sites for hydroxylation is 1. The second-order valence-electron chi connectivity index (χ2n) is 5.21. The minimum atomic E-state index is 0.156. The molecular formula is C18H21NO. The lowest BCUT2D eigenvalue weighted by molar-refractivity contribution is 0.0987. The van der Waals surface area contributed by atoms with Crippen molar-refractivity contribution in [2.75, 3.05) is 6.54 Å². The van der Waals surface area contributed by atoms with E-state index in [1.54, 1.807) is 0 Å². The first kappa shape index (κ1) is 14.5. The molecule has 2 aromatic carbocycles. The van der Waals surface area contributed by atoms with E-state index in [1.165, 1.54) is 5.56 Å². The second kappa shape index (κ2) is 7.01. The summed E-state index contributed by atoms with van der Waals surface area (Å²) in [6, 6.07) is 18.3. The Morgan fingerprint density at radius 1 is 1.05 bits per heavy atom. The first-order chi connectivity index (χ1) is 9.66. The van der Waals surface area contributed by atoms with Gasteiger partial charge in [0.05, 0.1) is 6.54 Å². The van der Waals surface area contributed by atoms with Crippen molar-refractivity contribution in [3.63, 3.8) is 0 Å². The molecule has 0 saturated carbocycles. The van der Waals surface area contributed by atoms with Gasteiger partial charge in [0.2, 0.25) is 0 Å². The van der Waals surface area contributed by atoms with Crippen LogP contribution in [0.3, 0.4) is 0 Å². The quantitative estimate of drug-likeness (QED) is 0.813. The fourth-order valence-electron chi connectivity index (χ4n) is 2.29. The molecule has 0 radical (unpaired) electrons. The van der Waals surface area contributed by atoms with Crippen molar-refractivity contribution < 1.29 is 4.79 Å². The minimum Gasteiger partial charge on any atom is -0.307 e. The van der Waals surface area contributed by atoms with Crippen molar-refractivity contribution >= 4 is 5.78 Å². The summed E-state index contributed by atoms with van der Waals surface area (Å²) in [7, 11) is 0. The van der Waals surface area contributed by atoms with Gasteiger partial charge in [0.1, 0.15) is 0 Å². The molecule has 0 spiro atoms. The highest BCUT2D eigenvalue weighted by atomic mass is 16.1. The number of rotatable bonds is 6. The summed E-state index contributed by atoms with van der Waals surface area (Å²) in [5, 5.41) is 3.31. The van der Waals surface area contributed by atoms with Gasteiger partial charge in [-0.25, -0.2) is 0 Å². The zero-order valence-corrected chi connectivity index (χ0v) is 12.1. The van der Waals surface area contributed by atoms with E-state index in [2.05, 4.69) is 24.4 Å². The standard InChI is InChI=1S/C18H21NO/c1-14-8-6-7-11-17(14)18(20)13-19-15(2)12-16-9-4-3-5-10-16/h3-11,15,19H,12-13H2,1-2H3/t15-/m0/s1. The summed E-state index contributed by atoms with van der Waals surface area (Å²) in [6.45, 7) is 4.47. The zero-order chi connectivity index (χ0) is 14.4. The Bertz CT molecular complexity index is 563. The Morgan fingerprint density at radius 3 is 2.40 bits per heavy atom. The van der Waals surface area contributed by atoms with Crippen LogP contribution in [0.1, 0.15) is 28.4 Å². The largest absolute Gasteiger partial charge is 0.307 e. The lowest BCUT2D eigenvalue weighted by Crippen LogP contribution is -2.33. The van der Waals surface area contributed by atoms with Crippen molar-refractivity contribution in [1.29, 1.82) is 0 Å². The molecule has 20 heavy (non-hydrogen) atoms. The molecule has 0 aliphatic rings. The zero-order valence-electron chi connectivity index (χ0n) is 12.1. The van der Waals surface area contributed by atoms with Crippen molar-refractivity contribution in [3.05, 3.63) is 71.3 Å². The lowest BCUT2D eigenvalue weighted by Gasteiger charge is -2.14. The Hall–Kier alpha value is -1.93. The first-order valence-corrected chi connectivity index (χ1v) is 7.03. The van der Waals surface area contributed by atoms with E-state index in [-0.39, 0.29) is 11.8 Å². The normalized spacial score (nSPS) is 12.1.